The maximum atomic E-state index is 12.5. The maximum absolute atomic E-state index is 12.5. The van der Waals surface area contributed by atoms with Gasteiger partial charge in [-0.25, -0.2) is 0 Å². The SMILES string of the molecule is Cc1ccc(CCC(=O)N2CCCN(C(=O)CC(C)C)CC2)cc1. The molecule has 1 aromatic carbocycles. The smallest absolute Gasteiger partial charge is 0.222 e. The number of nitrogens with zero attached hydrogens (tertiary/aromatic N) is 2. The number of rotatable bonds is 5. The van der Waals surface area contributed by atoms with Crippen molar-refractivity contribution in [3.05, 3.63) is 35.4 Å². The van der Waals surface area contributed by atoms with Crippen molar-refractivity contribution < 1.29 is 9.59 Å². The highest BCUT2D eigenvalue weighted by Gasteiger charge is 2.22. The second kappa shape index (κ2) is 8.86. The van der Waals surface area contributed by atoms with E-state index in [4.69, 9.17) is 0 Å². The molecule has 0 N–H and O–H groups in total. The number of carbonyl (C=O) groups excluding carboxylic acids is 2. The van der Waals surface area contributed by atoms with Crippen molar-refractivity contribution in [1.29, 1.82) is 0 Å². The standard InChI is InChI=1S/C20H30N2O2/c1-16(2)15-20(24)22-12-4-11-21(13-14-22)19(23)10-9-18-7-5-17(3)6-8-18/h5-8,16H,4,9-15H2,1-3H3. The van der Waals surface area contributed by atoms with E-state index in [2.05, 4.69) is 45.0 Å². The number of amides is 2. The summed E-state index contributed by atoms with van der Waals surface area (Å²) in [5.41, 5.74) is 2.45. The lowest BCUT2D eigenvalue weighted by Crippen LogP contribution is -2.37. The van der Waals surface area contributed by atoms with Gasteiger partial charge in [0, 0.05) is 39.0 Å². The topological polar surface area (TPSA) is 40.6 Å². The summed E-state index contributed by atoms with van der Waals surface area (Å²) in [6.45, 7) is 9.07. The molecule has 0 aliphatic carbocycles. The summed E-state index contributed by atoms with van der Waals surface area (Å²) >= 11 is 0. The van der Waals surface area contributed by atoms with E-state index in [-0.39, 0.29) is 11.8 Å². The monoisotopic (exact) mass is 330 g/mol. The summed E-state index contributed by atoms with van der Waals surface area (Å²) in [6, 6.07) is 8.36. The van der Waals surface area contributed by atoms with Gasteiger partial charge in [0.05, 0.1) is 0 Å². The summed E-state index contributed by atoms with van der Waals surface area (Å²) in [4.78, 5) is 28.5. The molecule has 1 heterocycles. The van der Waals surface area contributed by atoms with Gasteiger partial charge in [0.15, 0.2) is 0 Å². The normalized spacial score (nSPS) is 15.5. The lowest BCUT2D eigenvalue weighted by Gasteiger charge is -2.23. The van der Waals surface area contributed by atoms with E-state index < -0.39 is 0 Å². The predicted octanol–water partition coefficient (Wildman–Crippen LogP) is 3.03. The van der Waals surface area contributed by atoms with Gasteiger partial charge in [0.2, 0.25) is 11.8 Å². The fourth-order valence-corrected chi connectivity index (χ4v) is 3.06. The van der Waals surface area contributed by atoms with E-state index in [9.17, 15) is 9.59 Å². The van der Waals surface area contributed by atoms with E-state index in [1.807, 2.05) is 9.80 Å². The molecule has 0 unspecified atom stereocenters. The number of benzene rings is 1. The molecule has 0 saturated carbocycles. The molecule has 24 heavy (non-hydrogen) atoms. The lowest BCUT2D eigenvalue weighted by atomic mass is 10.1. The lowest BCUT2D eigenvalue weighted by molar-refractivity contribution is -0.134. The Bertz CT molecular complexity index is 551. The fourth-order valence-electron chi connectivity index (χ4n) is 3.06. The third-order valence-electron chi connectivity index (χ3n) is 4.53. The summed E-state index contributed by atoms with van der Waals surface area (Å²) in [7, 11) is 0. The third-order valence-corrected chi connectivity index (χ3v) is 4.53. The van der Waals surface area contributed by atoms with Crippen molar-refractivity contribution >= 4 is 11.8 Å². The van der Waals surface area contributed by atoms with Crippen molar-refractivity contribution in [2.24, 2.45) is 5.92 Å². The minimum atomic E-state index is 0.203. The van der Waals surface area contributed by atoms with Crippen LogP contribution in [-0.4, -0.2) is 47.8 Å². The Hall–Kier alpha value is -1.84. The van der Waals surface area contributed by atoms with Crippen molar-refractivity contribution in [3.8, 4) is 0 Å². The number of hydrogen-bond donors (Lipinski definition) is 0. The van der Waals surface area contributed by atoms with Crippen LogP contribution in [0.4, 0.5) is 0 Å². The van der Waals surface area contributed by atoms with E-state index in [0.29, 0.717) is 31.8 Å². The highest BCUT2D eigenvalue weighted by atomic mass is 16.2. The van der Waals surface area contributed by atoms with Crippen molar-refractivity contribution in [3.63, 3.8) is 0 Å². The van der Waals surface area contributed by atoms with Gasteiger partial charge >= 0.3 is 0 Å². The predicted molar refractivity (Wildman–Crippen MR) is 96.7 cm³/mol. The molecule has 0 atom stereocenters. The second-order valence-corrected chi connectivity index (χ2v) is 7.20. The first kappa shape index (κ1) is 18.5. The van der Waals surface area contributed by atoms with Gasteiger partial charge in [0.1, 0.15) is 0 Å². The number of carbonyl (C=O) groups is 2. The third kappa shape index (κ3) is 5.66. The zero-order chi connectivity index (χ0) is 17.5. The number of hydrogen-bond acceptors (Lipinski definition) is 2. The van der Waals surface area contributed by atoms with E-state index in [0.717, 1.165) is 25.9 Å². The second-order valence-electron chi connectivity index (χ2n) is 7.20. The van der Waals surface area contributed by atoms with E-state index in [1.165, 1.54) is 11.1 Å². The zero-order valence-corrected chi connectivity index (χ0v) is 15.3. The molecule has 132 valence electrons. The summed E-state index contributed by atoms with van der Waals surface area (Å²) < 4.78 is 0. The zero-order valence-electron chi connectivity index (χ0n) is 15.3. The molecule has 1 saturated heterocycles. The average molecular weight is 330 g/mol. The molecule has 2 amide bonds. The summed E-state index contributed by atoms with van der Waals surface area (Å²) in [5, 5.41) is 0. The molecule has 0 radical (unpaired) electrons. The average Bonchev–Trinajstić information content (AvgIpc) is 2.79. The molecule has 1 aliphatic rings. The van der Waals surface area contributed by atoms with Crippen molar-refractivity contribution in [1.82, 2.24) is 9.80 Å². The van der Waals surface area contributed by atoms with E-state index in [1.54, 1.807) is 0 Å². The first-order chi connectivity index (χ1) is 11.5. The van der Waals surface area contributed by atoms with Crippen LogP contribution < -0.4 is 0 Å². The van der Waals surface area contributed by atoms with Crippen LogP contribution in [0.1, 0.15) is 44.2 Å². The van der Waals surface area contributed by atoms with Crippen LogP contribution in [0.3, 0.4) is 0 Å². The van der Waals surface area contributed by atoms with Crippen LogP contribution in [0, 0.1) is 12.8 Å². The summed E-state index contributed by atoms with van der Waals surface area (Å²) in [6.07, 6.45) is 2.80. The Morgan fingerprint density at radius 3 is 2.12 bits per heavy atom. The van der Waals surface area contributed by atoms with Crippen molar-refractivity contribution in [2.45, 2.75) is 46.5 Å². The molecule has 0 aromatic heterocycles. The molecule has 4 heteroatoms. The Labute approximate surface area is 145 Å². The molecule has 1 aromatic rings. The molecule has 0 spiro atoms. The fraction of sp³-hybridized carbons (Fsp3) is 0.600. The van der Waals surface area contributed by atoms with Gasteiger partial charge in [-0.2, -0.15) is 0 Å². The molecule has 2 rings (SSSR count). The molecule has 1 fully saturated rings. The Morgan fingerprint density at radius 2 is 1.54 bits per heavy atom. The number of aryl methyl sites for hydroxylation is 2. The first-order valence-electron chi connectivity index (χ1n) is 9.07. The molecular formula is C20H30N2O2. The Balaban J connectivity index is 1.81. The molecule has 1 aliphatic heterocycles. The largest absolute Gasteiger partial charge is 0.341 e. The highest BCUT2D eigenvalue weighted by molar-refractivity contribution is 5.78. The summed E-state index contributed by atoms with van der Waals surface area (Å²) in [5.74, 6) is 0.806. The van der Waals surface area contributed by atoms with Gasteiger partial charge in [-0.05, 0) is 31.2 Å². The quantitative estimate of drug-likeness (QED) is 0.832. The van der Waals surface area contributed by atoms with Gasteiger partial charge < -0.3 is 9.80 Å². The van der Waals surface area contributed by atoms with Crippen LogP contribution in [0.2, 0.25) is 0 Å². The molecule has 4 nitrogen and oxygen atoms in total. The minimum absolute atomic E-state index is 0.203. The first-order valence-corrected chi connectivity index (χ1v) is 9.07. The maximum Gasteiger partial charge on any atom is 0.222 e. The van der Waals surface area contributed by atoms with Crippen LogP contribution in [0.5, 0.6) is 0 Å². The molecular weight excluding hydrogens is 300 g/mol. The van der Waals surface area contributed by atoms with Crippen LogP contribution in [0.15, 0.2) is 24.3 Å². The van der Waals surface area contributed by atoms with Gasteiger partial charge in [-0.15, -0.1) is 0 Å². The highest BCUT2D eigenvalue weighted by Crippen LogP contribution is 2.11. The van der Waals surface area contributed by atoms with E-state index >= 15 is 0 Å². The Morgan fingerprint density at radius 1 is 0.958 bits per heavy atom. The van der Waals surface area contributed by atoms with Crippen LogP contribution >= 0.6 is 0 Å². The van der Waals surface area contributed by atoms with Crippen LogP contribution in [-0.2, 0) is 16.0 Å². The van der Waals surface area contributed by atoms with Gasteiger partial charge in [0.25, 0.3) is 0 Å². The minimum Gasteiger partial charge on any atom is -0.341 e. The van der Waals surface area contributed by atoms with Crippen molar-refractivity contribution in [2.75, 3.05) is 26.2 Å². The van der Waals surface area contributed by atoms with Gasteiger partial charge in [-0.3, -0.25) is 9.59 Å². The Kier molecular flexibility index (Phi) is 6.83. The van der Waals surface area contributed by atoms with Crippen LogP contribution in [0.25, 0.3) is 0 Å². The molecule has 0 bridgehead atoms. The van der Waals surface area contributed by atoms with Gasteiger partial charge in [-0.1, -0.05) is 43.7 Å².